The zero-order chi connectivity index (χ0) is 14.8. The highest BCUT2D eigenvalue weighted by Gasteiger charge is 2.40. The van der Waals surface area contributed by atoms with E-state index >= 15 is 0 Å². The lowest BCUT2D eigenvalue weighted by Crippen LogP contribution is -2.67. The third-order valence-corrected chi connectivity index (χ3v) is 5.04. The van der Waals surface area contributed by atoms with Crippen LogP contribution in [0.4, 0.5) is 0 Å². The topological polar surface area (TPSA) is 28.2 Å². The Bertz CT molecular complexity index is 459. The average Bonchev–Trinajstić information content (AvgIpc) is 2.43. The minimum Gasteiger partial charge on any atom is -0.308 e. The van der Waals surface area contributed by atoms with Crippen LogP contribution in [0.3, 0.4) is 0 Å². The van der Waals surface area contributed by atoms with E-state index in [0.29, 0.717) is 0 Å². The van der Waals surface area contributed by atoms with E-state index in [1.54, 1.807) is 0 Å². The smallest absolute Gasteiger partial charge is 0.0547 e. The molecule has 20 heavy (non-hydrogen) atoms. The van der Waals surface area contributed by atoms with E-state index in [0.717, 1.165) is 38.2 Å². The van der Waals surface area contributed by atoms with Gasteiger partial charge in [-0.3, -0.25) is 9.88 Å². The number of nitrogens with one attached hydrogen (secondary N) is 1. The second kappa shape index (κ2) is 5.82. The Kier molecular flexibility index (Phi) is 4.50. The zero-order valence-corrected chi connectivity index (χ0v) is 13.7. The molecule has 1 fully saturated rings. The van der Waals surface area contributed by atoms with Crippen molar-refractivity contribution in [3.63, 3.8) is 0 Å². The van der Waals surface area contributed by atoms with Gasteiger partial charge in [0.1, 0.15) is 0 Å². The fraction of sp³-hybridized carbons (Fsp3) is 0.706. The van der Waals surface area contributed by atoms with E-state index in [-0.39, 0.29) is 11.1 Å². The number of piperazine rings is 1. The summed E-state index contributed by atoms with van der Waals surface area (Å²) < 4.78 is 0. The monoisotopic (exact) mass is 275 g/mol. The maximum absolute atomic E-state index is 4.68. The third-order valence-electron chi connectivity index (χ3n) is 5.04. The molecule has 112 valence electrons. The summed E-state index contributed by atoms with van der Waals surface area (Å²) in [5.41, 5.74) is 2.73. The lowest BCUT2D eigenvalue weighted by molar-refractivity contribution is 0.00952. The summed E-state index contributed by atoms with van der Waals surface area (Å²) >= 11 is 0. The van der Waals surface area contributed by atoms with Gasteiger partial charge in [-0.1, -0.05) is 19.9 Å². The highest BCUT2D eigenvalue weighted by atomic mass is 15.3. The molecule has 3 heteroatoms. The van der Waals surface area contributed by atoms with Gasteiger partial charge in [-0.25, -0.2) is 0 Å². The summed E-state index contributed by atoms with van der Waals surface area (Å²) in [5.74, 6) is 0. The Hall–Kier alpha value is -0.930. The highest BCUT2D eigenvalue weighted by molar-refractivity contribution is 5.11. The number of pyridine rings is 1. The van der Waals surface area contributed by atoms with Crippen molar-refractivity contribution in [3.05, 3.63) is 29.6 Å². The molecule has 1 aromatic heterocycles. The molecule has 0 amide bonds. The summed E-state index contributed by atoms with van der Waals surface area (Å²) in [6.07, 6.45) is 2.32. The van der Waals surface area contributed by atoms with E-state index in [9.17, 15) is 0 Å². The molecular formula is C17H29N3. The Morgan fingerprint density at radius 1 is 1.25 bits per heavy atom. The zero-order valence-electron chi connectivity index (χ0n) is 13.7. The molecule has 0 saturated carbocycles. The van der Waals surface area contributed by atoms with Gasteiger partial charge in [0.05, 0.1) is 5.69 Å². The predicted octanol–water partition coefficient (Wildman–Crippen LogP) is 3.13. The van der Waals surface area contributed by atoms with Crippen LogP contribution in [-0.4, -0.2) is 34.1 Å². The van der Waals surface area contributed by atoms with E-state index in [2.05, 4.69) is 68.0 Å². The fourth-order valence-electron chi connectivity index (χ4n) is 2.90. The average molecular weight is 275 g/mol. The van der Waals surface area contributed by atoms with Gasteiger partial charge < -0.3 is 5.32 Å². The van der Waals surface area contributed by atoms with Gasteiger partial charge in [0.25, 0.3) is 0 Å². The highest BCUT2D eigenvalue weighted by Crippen LogP contribution is 2.29. The van der Waals surface area contributed by atoms with Crippen molar-refractivity contribution in [1.29, 1.82) is 0 Å². The maximum atomic E-state index is 4.68. The van der Waals surface area contributed by atoms with Gasteiger partial charge in [0.2, 0.25) is 0 Å². The number of hydrogen-bond acceptors (Lipinski definition) is 3. The number of aromatic nitrogens is 1. The van der Waals surface area contributed by atoms with E-state index in [1.165, 1.54) is 5.69 Å². The first-order valence-electron chi connectivity index (χ1n) is 7.83. The first-order chi connectivity index (χ1) is 9.41. The molecule has 0 radical (unpaired) electrons. The van der Waals surface area contributed by atoms with Crippen molar-refractivity contribution >= 4 is 0 Å². The van der Waals surface area contributed by atoms with Gasteiger partial charge in [0.15, 0.2) is 0 Å². The molecule has 2 atom stereocenters. The summed E-state index contributed by atoms with van der Waals surface area (Å²) in [5, 5.41) is 3.75. The standard InChI is InChI=1S/C17H29N3/c1-6-16(4)13-20(17(5,7-2)12-18-16)11-15-10-8-9-14(3)19-15/h8-10,18H,6-7,11-13H2,1-5H3. The van der Waals surface area contributed by atoms with Crippen LogP contribution in [-0.2, 0) is 6.54 Å². The number of nitrogens with zero attached hydrogens (tertiary/aromatic N) is 2. The Morgan fingerprint density at radius 2 is 2.00 bits per heavy atom. The molecular weight excluding hydrogens is 246 g/mol. The van der Waals surface area contributed by atoms with Crippen LogP contribution >= 0.6 is 0 Å². The van der Waals surface area contributed by atoms with E-state index in [4.69, 9.17) is 0 Å². The van der Waals surface area contributed by atoms with Crippen molar-refractivity contribution in [2.45, 2.75) is 65.1 Å². The van der Waals surface area contributed by atoms with Crippen molar-refractivity contribution in [2.75, 3.05) is 13.1 Å². The van der Waals surface area contributed by atoms with Crippen LogP contribution in [0.15, 0.2) is 18.2 Å². The molecule has 3 nitrogen and oxygen atoms in total. The molecule has 1 saturated heterocycles. The lowest BCUT2D eigenvalue weighted by Gasteiger charge is -2.52. The lowest BCUT2D eigenvalue weighted by atomic mass is 9.85. The summed E-state index contributed by atoms with van der Waals surface area (Å²) in [4.78, 5) is 7.30. The molecule has 2 heterocycles. The number of aryl methyl sites for hydroxylation is 1. The van der Waals surface area contributed by atoms with Crippen LogP contribution in [0.25, 0.3) is 0 Å². The molecule has 1 aliphatic rings. The normalized spacial score (nSPS) is 31.4. The fourth-order valence-corrected chi connectivity index (χ4v) is 2.90. The number of rotatable bonds is 4. The Balaban J connectivity index is 2.20. The van der Waals surface area contributed by atoms with Crippen LogP contribution < -0.4 is 5.32 Å². The quantitative estimate of drug-likeness (QED) is 0.915. The Morgan fingerprint density at radius 3 is 2.60 bits per heavy atom. The minimum absolute atomic E-state index is 0.221. The van der Waals surface area contributed by atoms with Gasteiger partial charge in [-0.05, 0) is 45.7 Å². The second-order valence-corrected chi connectivity index (χ2v) is 6.74. The van der Waals surface area contributed by atoms with E-state index in [1.807, 2.05) is 0 Å². The van der Waals surface area contributed by atoms with Crippen molar-refractivity contribution in [1.82, 2.24) is 15.2 Å². The molecule has 2 rings (SSSR count). The minimum atomic E-state index is 0.221. The molecule has 1 aromatic rings. The first-order valence-corrected chi connectivity index (χ1v) is 7.83. The predicted molar refractivity (Wildman–Crippen MR) is 84.8 cm³/mol. The van der Waals surface area contributed by atoms with Crippen molar-refractivity contribution in [2.24, 2.45) is 0 Å². The summed E-state index contributed by atoms with van der Waals surface area (Å²) in [7, 11) is 0. The molecule has 0 aliphatic carbocycles. The van der Waals surface area contributed by atoms with Crippen molar-refractivity contribution < 1.29 is 0 Å². The van der Waals surface area contributed by atoms with Gasteiger partial charge in [-0.2, -0.15) is 0 Å². The van der Waals surface area contributed by atoms with Crippen LogP contribution in [0.2, 0.25) is 0 Å². The molecule has 1 aliphatic heterocycles. The van der Waals surface area contributed by atoms with Crippen LogP contribution in [0.5, 0.6) is 0 Å². The van der Waals surface area contributed by atoms with Crippen molar-refractivity contribution in [3.8, 4) is 0 Å². The maximum Gasteiger partial charge on any atom is 0.0547 e. The summed E-state index contributed by atoms with van der Waals surface area (Å²) in [6.45, 7) is 14.4. The summed E-state index contributed by atoms with van der Waals surface area (Å²) in [6, 6.07) is 6.33. The largest absolute Gasteiger partial charge is 0.308 e. The molecule has 1 N–H and O–H groups in total. The van der Waals surface area contributed by atoms with Gasteiger partial charge in [-0.15, -0.1) is 0 Å². The first kappa shape index (κ1) is 15.5. The van der Waals surface area contributed by atoms with Crippen LogP contribution in [0, 0.1) is 6.92 Å². The van der Waals surface area contributed by atoms with Gasteiger partial charge in [0, 0.05) is 36.4 Å². The third kappa shape index (κ3) is 3.21. The van der Waals surface area contributed by atoms with E-state index < -0.39 is 0 Å². The molecule has 0 bridgehead atoms. The van der Waals surface area contributed by atoms with Gasteiger partial charge >= 0.3 is 0 Å². The molecule has 2 unspecified atom stereocenters. The van der Waals surface area contributed by atoms with Crippen LogP contribution in [0.1, 0.15) is 51.9 Å². The Labute approximate surface area is 123 Å². The SMILES string of the molecule is CCC1(C)CN(Cc2cccc(C)n2)C(C)(CC)CN1. The molecule has 0 spiro atoms. The number of hydrogen-bond donors (Lipinski definition) is 1. The molecule has 0 aromatic carbocycles. The second-order valence-electron chi connectivity index (χ2n) is 6.74.